The third-order valence-electron chi connectivity index (χ3n) is 3.01. The van der Waals surface area contributed by atoms with Crippen LogP contribution >= 0.6 is 0 Å². The Labute approximate surface area is 119 Å². The molecule has 0 saturated carbocycles. The van der Waals surface area contributed by atoms with E-state index in [1.807, 2.05) is 0 Å². The number of nitrogens with zero attached hydrogens (tertiary/aromatic N) is 2. The molecule has 0 atom stereocenters. The molecular weight excluding hydrogens is 273 g/mol. The Hall–Kier alpha value is -2.89. The van der Waals surface area contributed by atoms with Crippen LogP contribution in [0.2, 0.25) is 0 Å². The van der Waals surface area contributed by atoms with Crippen molar-refractivity contribution in [2.45, 2.75) is 6.42 Å². The van der Waals surface area contributed by atoms with E-state index in [4.69, 9.17) is 10.3 Å². The first kappa shape index (κ1) is 13.1. The number of hydrogen-bond donors (Lipinski definition) is 2. The Morgan fingerprint density at radius 3 is 2.62 bits per heavy atom. The number of aromatic hydroxyl groups is 1. The minimum Gasteiger partial charge on any atom is -0.508 e. The van der Waals surface area contributed by atoms with E-state index < -0.39 is 5.82 Å². The van der Waals surface area contributed by atoms with Crippen LogP contribution in [0, 0.1) is 5.82 Å². The Morgan fingerprint density at radius 2 is 1.90 bits per heavy atom. The first-order chi connectivity index (χ1) is 10.1. The predicted molar refractivity (Wildman–Crippen MR) is 75.0 cm³/mol. The SMILES string of the molecule is Nc1cc(F)ccc1-c1nc(Cc2ccc(O)cc2)no1. The molecule has 0 unspecified atom stereocenters. The van der Waals surface area contributed by atoms with Crippen molar-refractivity contribution < 1.29 is 14.0 Å². The molecule has 2 aromatic carbocycles. The highest BCUT2D eigenvalue weighted by molar-refractivity contribution is 5.70. The van der Waals surface area contributed by atoms with Crippen LogP contribution in [0.5, 0.6) is 5.75 Å². The molecule has 0 aliphatic heterocycles. The summed E-state index contributed by atoms with van der Waals surface area (Å²) in [5, 5.41) is 13.1. The maximum Gasteiger partial charge on any atom is 0.260 e. The van der Waals surface area contributed by atoms with E-state index in [2.05, 4.69) is 10.1 Å². The average Bonchev–Trinajstić information content (AvgIpc) is 2.90. The molecule has 3 rings (SSSR count). The molecule has 3 aromatic rings. The molecule has 0 amide bonds. The summed E-state index contributed by atoms with van der Waals surface area (Å²) >= 11 is 0. The van der Waals surface area contributed by atoms with E-state index in [1.165, 1.54) is 18.2 Å². The van der Waals surface area contributed by atoms with Crippen LogP contribution in [-0.4, -0.2) is 15.2 Å². The van der Waals surface area contributed by atoms with Gasteiger partial charge in [0.05, 0.1) is 5.56 Å². The Balaban J connectivity index is 1.84. The smallest absolute Gasteiger partial charge is 0.260 e. The van der Waals surface area contributed by atoms with E-state index in [0.717, 1.165) is 5.56 Å². The normalized spacial score (nSPS) is 10.7. The van der Waals surface area contributed by atoms with Gasteiger partial charge in [-0.2, -0.15) is 4.98 Å². The van der Waals surface area contributed by atoms with Gasteiger partial charge in [-0.25, -0.2) is 4.39 Å². The number of halogens is 1. The number of nitrogen functional groups attached to an aromatic ring is 1. The maximum absolute atomic E-state index is 13.0. The van der Waals surface area contributed by atoms with Crippen LogP contribution in [0.4, 0.5) is 10.1 Å². The van der Waals surface area contributed by atoms with Gasteiger partial charge in [0.15, 0.2) is 5.82 Å². The minimum absolute atomic E-state index is 0.201. The zero-order chi connectivity index (χ0) is 14.8. The molecule has 106 valence electrons. The molecule has 6 heteroatoms. The summed E-state index contributed by atoms with van der Waals surface area (Å²) in [6.07, 6.45) is 0.463. The van der Waals surface area contributed by atoms with Gasteiger partial charge in [-0.05, 0) is 35.9 Å². The molecule has 1 heterocycles. The number of hydrogen-bond acceptors (Lipinski definition) is 5. The minimum atomic E-state index is -0.417. The van der Waals surface area contributed by atoms with E-state index in [0.29, 0.717) is 17.8 Å². The number of rotatable bonds is 3. The highest BCUT2D eigenvalue weighted by Crippen LogP contribution is 2.25. The Morgan fingerprint density at radius 1 is 1.14 bits per heavy atom. The van der Waals surface area contributed by atoms with Crippen molar-refractivity contribution >= 4 is 5.69 Å². The first-order valence-corrected chi connectivity index (χ1v) is 6.28. The summed E-state index contributed by atoms with van der Waals surface area (Å²) in [5.74, 6) is 0.521. The van der Waals surface area contributed by atoms with Crippen LogP contribution in [0.1, 0.15) is 11.4 Å². The van der Waals surface area contributed by atoms with Crippen molar-refractivity contribution in [3.8, 4) is 17.2 Å². The number of phenolic OH excluding ortho intramolecular Hbond substituents is 1. The van der Waals surface area contributed by atoms with Gasteiger partial charge in [-0.15, -0.1) is 0 Å². The summed E-state index contributed by atoms with van der Waals surface area (Å²) in [4.78, 5) is 4.25. The van der Waals surface area contributed by atoms with Crippen molar-refractivity contribution in [2.24, 2.45) is 0 Å². The molecule has 5 nitrogen and oxygen atoms in total. The fourth-order valence-electron chi connectivity index (χ4n) is 1.96. The summed E-state index contributed by atoms with van der Waals surface area (Å²) in [7, 11) is 0. The number of benzene rings is 2. The second-order valence-corrected chi connectivity index (χ2v) is 4.59. The lowest BCUT2D eigenvalue weighted by Gasteiger charge is -1.99. The second kappa shape index (κ2) is 5.24. The quantitative estimate of drug-likeness (QED) is 0.723. The molecule has 0 bridgehead atoms. The molecule has 21 heavy (non-hydrogen) atoms. The van der Waals surface area contributed by atoms with Crippen LogP contribution in [0.3, 0.4) is 0 Å². The van der Waals surface area contributed by atoms with Crippen molar-refractivity contribution in [1.82, 2.24) is 10.1 Å². The van der Waals surface area contributed by atoms with Gasteiger partial charge in [-0.1, -0.05) is 17.3 Å². The van der Waals surface area contributed by atoms with E-state index in [-0.39, 0.29) is 17.3 Å². The average molecular weight is 285 g/mol. The summed E-state index contributed by atoms with van der Waals surface area (Å²) in [6, 6.07) is 10.7. The number of phenols is 1. The Bertz CT molecular complexity index is 769. The second-order valence-electron chi connectivity index (χ2n) is 4.59. The first-order valence-electron chi connectivity index (χ1n) is 6.28. The number of anilines is 1. The molecule has 0 aliphatic rings. The summed E-state index contributed by atoms with van der Waals surface area (Å²) in [5.41, 5.74) is 7.42. The van der Waals surface area contributed by atoms with Crippen molar-refractivity contribution in [3.05, 3.63) is 59.7 Å². The van der Waals surface area contributed by atoms with Crippen LogP contribution in [0.25, 0.3) is 11.5 Å². The molecule has 3 N–H and O–H groups in total. The van der Waals surface area contributed by atoms with Gasteiger partial charge in [0.25, 0.3) is 5.89 Å². The highest BCUT2D eigenvalue weighted by atomic mass is 19.1. The zero-order valence-electron chi connectivity index (χ0n) is 11.0. The van der Waals surface area contributed by atoms with Crippen molar-refractivity contribution in [3.63, 3.8) is 0 Å². The predicted octanol–water partition coefficient (Wildman–Crippen LogP) is 2.75. The molecule has 0 fully saturated rings. The number of aromatic nitrogens is 2. The van der Waals surface area contributed by atoms with Gasteiger partial charge in [0, 0.05) is 12.1 Å². The molecular formula is C15H12FN3O2. The van der Waals surface area contributed by atoms with Gasteiger partial charge in [0.2, 0.25) is 0 Å². The monoisotopic (exact) mass is 285 g/mol. The topological polar surface area (TPSA) is 85.2 Å². The van der Waals surface area contributed by atoms with Gasteiger partial charge < -0.3 is 15.4 Å². The third kappa shape index (κ3) is 2.84. The lowest BCUT2D eigenvalue weighted by atomic mass is 10.1. The van der Waals surface area contributed by atoms with E-state index in [1.54, 1.807) is 24.3 Å². The van der Waals surface area contributed by atoms with Crippen LogP contribution in [-0.2, 0) is 6.42 Å². The maximum atomic E-state index is 13.0. The zero-order valence-corrected chi connectivity index (χ0v) is 11.0. The van der Waals surface area contributed by atoms with E-state index in [9.17, 15) is 9.50 Å². The summed E-state index contributed by atoms with van der Waals surface area (Å²) in [6.45, 7) is 0. The Kier molecular flexibility index (Phi) is 3.27. The van der Waals surface area contributed by atoms with Gasteiger partial charge >= 0.3 is 0 Å². The largest absolute Gasteiger partial charge is 0.508 e. The van der Waals surface area contributed by atoms with Crippen molar-refractivity contribution in [2.75, 3.05) is 5.73 Å². The van der Waals surface area contributed by atoms with Gasteiger partial charge in [-0.3, -0.25) is 0 Å². The standard InChI is InChI=1S/C15H12FN3O2/c16-10-3-6-12(13(17)8-10)15-18-14(19-21-15)7-9-1-4-11(20)5-2-9/h1-6,8,20H,7,17H2. The van der Waals surface area contributed by atoms with Crippen molar-refractivity contribution in [1.29, 1.82) is 0 Å². The van der Waals surface area contributed by atoms with E-state index >= 15 is 0 Å². The third-order valence-corrected chi connectivity index (χ3v) is 3.01. The fraction of sp³-hybridized carbons (Fsp3) is 0.0667. The molecule has 0 radical (unpaired) electrons. The number of nitrogens with two attached hydrogens (primary N) is 1. The lowest BCUT2D eigenvalue weighted by molar-refractivity contribution is 0.424. The summed E-state index contributed by atoms with van der Waals surface area (Å²) < 4.78 is 18.2. The molecule has 0 spiro atoms. The molecule has 0 aliphatic carbocycles. The highest BCUT2D eigenvalue weighted by Gasteiger charge is 2.12. The lowest BCUT2D eigenvalue weighted by Crippen LogP contribution is -1.93. The van der Waals surface area contributed by atoms with Crippen LogP contribution < -0.4 is 5.73 Å². The van der Waals surface area contributed by atoms with Gasteiger partial charge in [0.1, 0.15) is 11.6 Å². The molecule has 0 saturated heterocycles. The van der Waals surface area contributed by atoms with Crippen LogP contribution in [0.15, 0.2) is 47.0 Å². The fourth-order valence-corrected chi connectivity index (χ4v) is 1.96. The molecule has 1 aromatic heterocycles.